The van der Waals surface area contributed by atoms with Crippen LogP contribution < -0.4 is 9.62 Å². The molecule has 0 aliphatic heterocycles. The van der Waals surface area contributed by atoms with E-state index < -0.39 is 34.3 Å². The second-order valence-electron chi connectivity index (χ2n) is 8.01. The fraction of sp³-hybridized carbons (Fsp3) is 0.391. The highest BCUT2D eigenvalue weighted by Crippen LogP contribution is 2.24. The Bertz CT molecular complexity index is 1130. The molecule has 0 fully saturated rings. The summed E-state index contributed by atoms with van der Waals surface area (Å²) in [6.45, 7) is 4.74. The van der Waals surface area contributed by atoms with Crippen LogP contribution in [-0.4, -0.2) is 50.0 Å². The van der Waals surface area contributed by atoms with Gasteiger partial charge < -0.3 is 10.2 Å². The van der Waals surface area contributed by atoms with Crippen LogP contribution in [0, 0.1) is 5.82 Å². The number of anilines is 1. The van der Waals surface area contributed by atoms with E-state index in [4.69, 9.17) is 23.2 Å². The summed E-state index contributed by atoms with van der Waals surface area (Å²) < 4.78 is 39.1. The molecule has 0 aliphatic rings. The van der Waals surface area contributed by atoms with Gasteiger partial charge in [-0.3, -0.25) is 13.9 Å². The number of hydrogen-bond acceptors (Lipinski definition) is 4. The van der Waals surface area contributed by atoms with Gasteiger partial charge >= 0.3 is 0 Å². The van der Waals surface area contributed by atoms with Gasteiger partial charge in [0, 0.05) is 12.6 Å². The molecule has 0 bridgehead atoms. The monoisotopic (exact) mass is 531 g/mol. The lowest BCUT2D eigenvalue weighted by Crippen LogP contribution is -2.52. The first-order chi connectivity index (χ1) is 15.8. The minimum atomic E-state index is -3.89. The van der Waals surface area contributed by atoms with Crippen LogP contribution >= 0.6 is 23.2 Å². The Morgan fingerprint density at radius 3 is 2.21 bits per heavy atom. The summed E-state index contributed by atoms with van der Waals surface area (Å²) in [5, 5.41) is 3.46. The Hall–Kier alpha value is -2.36. The van der Waals surface area contributed by atoms with E-state index in [0.717, 1.165) is 22.7 Å². The first-order valence-electron chi connectivity index (χ1n) is 10.6. The molecule has 0 spiro atoms. The van der Waals surface area contributed by atoms with E-state index in [1.807, 2.05) is 13.8 Å². The number of rotatable bonds is 10. The van der Waals surface area contributed by atoms with Crippen molar-refractivity contribution in [3.63, 3.8) is 0 Å². The molecule has 0 saturated carbocycles. The number of halogens is 3. The minimum absolute atomic E-state index is 0.00810. The summed E-state index contributed by atoms with van der Waals surface area (Å²) in [5.41, 5.74) is 0.738. The minimum Gasteiger partial charge on any atom is -0.352 e. The molecular formula is C23H28Cl2FN3O4S. The first kappa shape index (κ1) is 27.9. The zero-order chi connectivity index (χ0) is 25.6. The molecule has 7 nitrogen and oxygen atoms in total. The Kier molecular flexibility index (Phi) is 9.73. The molecule has 0 radical (unpaired) electrons. The molecule has 186 valence electrons. The largest absolute Gasteiger partial charge is 0.352 e. The van der Waals surface area contributed by atoms with Gasteiger partial charge in [-0.15, -0.1) is 0 Å². The Balaban J connectivity index is 2.40. The lowest BCUT2D eigenvalue weighted by atomic mass is 10.1. The molecule has 11 heteroatoms. The van der Waals surface area contributed by atoms with E-state index in [2.05, 4.69) is 5.32 Å². The Labute approximate surface area is 209 Å². The second kappa shape index (κ2) is 11.9. The molecule has 2 aromatic carbocycles. The standard InChI is InChI=1S/C23H28Cl2FN3O4S/c1-5-15(2)27-23(31)16(3)28(13-17-6-11-20(24)21(25)12-17)22(30)14-29(34(4,32)33)19-9-7-18(26)8-10-19/h6-12,15-16H,5,13-14H2,1-4H3,(H,27,31)/t15-,16+/m1/s1. The second-order valence-corrected chi connectivity index (χ2v) is 10.7. The number of nitrogens with zero attached hydrogens (tertiary/aromatic N) is 2. The summed E-state index contributed by atoms with van der Waals surface area (Å²) in [5.74, 6) is -1.54. The normalized spacial score (nSPS) is 13.1. The van der Waals surface area contributed by atoms with Gasteiger partial charge in [0.05, 0.1) is 22.0 Å². The van der Waals surface area contributed by atoms with E-state index in [0.29, 0.717) is 17.0 Å². The zero-order valence-corrected chi connectivity index (χ0v) is 21.7. The number of benzene rings is 2. The fourth-order valence-corrected chi connectivity index (χ4v) is 4.27. The molecule has 34 heavy (non-hydrogen) atoms. The molecule has 2 atom stereocenters. The summed E-state index contributed by atoms with van der Waals surface area (Å²) >= 11 is 12.1. The third-order valence-corrected chi connectivity index (χ3v) is 7.18. The van der Waals surface area contributed by atoms with Gasteiger partial charge in [0.1, 0.15) is 18.4 Å². The number of nitrogens with one attached hydrogen (secondary N) is 1. The third-order valence-electron chi connectivity index (χ3n) is 5.30. The van der Waals surface area contributed by atoms with E-state index in [1.165, 1.54) is 17.0 Å². The predicted molar refractivity (Wildman–Crippen MR) is 133 cm³/mol. The highest BCUT2D eigenvalue weighted by Gasteiger charge is 2.30. The lowest BCUT2D eigenvalue weighted by Gasteiger charge is -2.32. The van der Waals surface area contributed by atoms with E-state index in [-0.39, 0.29) is 29.2 Å². The summed E-state index contributed by atoms with van der Waals surface area (Å²) in [4.78, 5) is 27.5. The maximum atomic E-state index is 13.4. The van der Waals surface area contributed by atoms with Crippen molar-refractivity contribution in [2.75, 3.05) is 17.1 Å². The first-order valence-corrected chi connectivity index (χ1v) is 13.2. The highest BCUT2D eigenvalue weighted by molar-refractivity contribution is 7.92. The van der Waals surface area contributed by atoms with Crippen molar-refractivity contribution in [2.24, 2.45) is 0 Å². The highest BCUT2D eigenvalue weighted by atomic mass is 35.5. The lowest BCUT2D eigenvalue weighted by molar-refractivity contribution is -0.139. The van der Waals surface area contributed by atoms with Crippen LogP contribution in [-0.2, 0) is 26.2 Å². The fourth-order valence-electron chi connectivity index (χ4n) is 3.10. The Morgan fingerprint density at radius 1 is 1.06 bits per heavy atom. The van der Waals surface area contributed by atoms with Gasteiger partial charge in [-0.1, -0.05) is 36.2 Å². The molecule has 0 aliphatic carbocycles. The van der Waals surface area contributed by atoms with Crippen molar-refractivity contribution >= 4 is 50.7 Å². The zero-order valence-electron chi connectivity index (χ0n) is 19.4. The van der Waals surface area contributed by atoms with Crippen LogP contribution in [0.1, 0.15) is 32.8 Å². The van der Waals surface area contributed by atoms with E-state index in [9.17, 15) is 22.4 Å². The van der Waals surface area contributed by atoms with Crippen LogP contribution in [0.5, 0.6) is 0 Å². The molecule has 0 saturated heterocycles. The van der Waals surface area contributed by atoms with Crippen molar-refractivity contribution < 1.29 is 22.4 Å². The van der Waals surface area contributed by atoms with Gasteiger partial charge in [-0.05, 0) is 62.2 Å². The average Bonchev–Trinajstić information content (AvgIpc) is 2.77. The van der Waals surface area contributed by atoms with Gasteiger partial charge in [-0.2, -0.15) is 0 Å². The van der Waals surface area contributed by atoms with Crippen molar-refractivity contribution in [3.05, 3.63) is 63.9 Å². The molecule has 1 N–H and O–H groups in total. The van der Waals surface area contributed by atoms with Crippen LogP contribution in [0.15, 0.2) is 42.5 Å². The maximum absolute atomic E-state index is 13.4. The van der Waals surface area contributed by atoms with Gasteiger partial charge in [0.25, 0.3) is 0 Å². The number of sulfonamides is 1. The van der Waals surface area contributed by atoms with Crippen molar-refractivity contribution in [1.29, 1.82) is 0 Å². The van der Waals surface area contributed by atoms with Crippen LogP contribution in [0.3, 0.4) is 0 Å². The van der Waals surface area contributed by atoms with Gasteiger partial charge in [0.2, 0.25) is 21.8 Å². The molecule has 2 amide bonds. The number of amides is 2. The SMILES string of the molecule is CC[C@@H](C)NC(=O)[C@H](C)N(Cc1ccc(Cl)c(Cl)c1)C(=O)CN(c1ccc(F)cc1)S(C)(=O)=O. The smallest absolute Gasteiger partial charge is 0.244 e. The summed E-state index contributed by atoms with van der Waals surface area (Å²) in [6, 6.07) is 8.56. The average molecular weight is 532 g/mol. The molecule has 2 rings (SSSR count). The number of carbonyl (C=O) groups excluding carboxylic acids is 2. The third kappa shape index (κ3) is 7.58. The quantitative estimate of drug-likeness (QED) is 0.496. The van der Waals surface area contributed by atoms with Crippen molar-refractivity contribution in [1.82, 2.24) is 10.2 Å². The Morgan fingerprint density at radius 2 is 1.68 bits per heavy atom. The maximum Gasteiger partial charge on any atom is 0.244 e. The summed E-state index contributed by atoms with van der Waals surface area (Å²) in [7, 11) is -3.89. The van der Waals surface area contributed by atoms with E-state index in [1.54, 1.807) is 25.1 Å². The molecular weight excluding hydrogens is 504 g/mol. The van der Waals surface area contributed by atoms with Crippen LogP contribution in [0.4, 0.5) is 10.1 Å². The topological polar surface area (TPSA) is 86.8 Å². The number of carbonyl (C=O) groups is 2. The molecule has 0 unspecified atom stereocenters. The molecule has 2 aromatic rings. The van der Waals surface area contributed by atoms with Crippen LogP contribution in [0.2, 0.25) is 10.0 Å². The van der Waals surface area contributed by atoms with Crippen LogP contribution in [0.25, 0.3) is 0 Å². The van der Waals surface area contributed by atoms with Gasteiger partial charge in [0.15, 0.2) is 0 Å². The van der Waals surface area contributed by atoms with Gasteiger partial charge in [-0.25, -0.2) is 12.8 Å². The predicted octanol–water partition coefficient (Wildman–Crippen LogP) is 4.23. The van der Waals surface area contributed by atoms with Crippen molar-refractivity contribution in [2.45, 2.75) is 45.8 Å². The molecule has 0 aromatic heterocycles. The number of hydrogen-bond donors (Lipinski definition) is 1. The molecule has 0 heterocycles. The summed E-state index contributed by atoms with van der Waals surface area (Å²) in [6.07, 6.45) is 1.65. The van der Waals surface area contributed by atoms with Crippen molar-refractivity contribution in [3.8, 4) is 0 Å². The van der Waals surface area contributed by atoms with E-state index >= 15 is 0 Å².